The van der Waals surface area contributed by atoms with Gasteiger partial charge in [-0.2, -0.15) is 5.26 Å². The van der Waals surface area contributed by atoms with Gasteiger partial charge in [-0.3, -0.25) is 4.79 Å². The van der Waals surface area contributed by atoms with Crippen LogP contribution in [0.15, 0.2) is 41.0 Å². The van der Waals surface area contributed by atoms with Crippen LogP contribution in [0.5, 0.6) is 5.75 Å². The number of benzene rings is 1. The van der Waals surface area contributed by atoms with Crippen molar-refractivity contribution >= 4 is 5.78 Å². The quantitative estimate of drug-likeness (QED) is 0.779. The topological polar surface area (TPSA) is 63.2 Å². The van der Waals surface area contributed by atoms with Crippen molar-refractivity contribution in [3.8, 4) is 11.8 Å². The third-order valence-electron chi connectivity index (χ3n) is 3.00. The average Bonchev–Trinajstić information content (AvgIpc) is 2.88. The summed E-state index contributed by atoms with van der Waals surface area (Å²) in [5.74, 6) is -0.227. The molecule has 0 amide bonds. The Morgan fingerprint density at radius 3 is 2.55 bits per heavy atom. The first-order chi connectivity index (χ1) is 9.67. The molecular formula is C16H15NO3. The fraction of sp³-hybridized carbons (Fsp3) is 0.250. The van der Waals surface area contributed by atoms with Crippen molar-refractivity contribution in [3.63, 3.8) is 0 Å². The van der Waals surface area contributed by atoms with Crippen molar-refractivity contribution in [1.82, 2.24) is 0 Å². The van der Waals surface area contributed by atoms with Crippen LogP contribution in [0, 0.1) is 18.3 Å². The molecule has 0 bridgehead atoms. The zero-order chi connectivity index (χ0) is 14.5. The molecule has 4 nitrogen and oxygen atoms in total. The van der Waals surface area contributed by atoms with Gasteiger partial charge in [-0.25, -0.2) is 0 Å². The summed E-state index contributed by atoms with van der Waals surface area (Å²) in [6.07, 6.45) is 1.45. The molecule has 1 unspecified atom stereocenters. The number of ketones is 1. The number of carbonyl (C=O) groups excluding carboxylic acids is 1. The van der Waals surface area contributed by atoms with Crippen molar-refractivity contribution < 1.29 is 13.9 Å². The van der Waals surface area contributed by atoms with Gasteiger partial charge in [-0.1, -0.05) is 12.1 Å². The Hall–Kier alpha value is -2.54. The maximum atomic E-state index is 12.3. The van der Waals surface area contributed by atoms with Crippen molar-refractivity contribution in [2.45, 2.75) is 19.8 Å². The zero-order valence-electron chi connectivity index (χ0n) is 11.4. The number of aryl methyl sites for hydroxylation is 1. The lowest BCUT2D eigenvalue weighted by molar-refractivity contribution is 0.0951. The van der Waals surface area contributed by atoms with Crippen LogP contribution in [0.3, 0.4) is 0 Å². The number of nitrogens with zero attached hydrogens (tertiary/aromatic N) is 1. The van der Waals surface area contributed by atoms with Crippen LogP contribution in [0.1, 0.15) is 34.5 Å². The highest BCUT2D eigenvalue weighted by atomic mass is 16.5. The first-order valence-corrected chi connectivity index (χ1v) is 6.38. The molecule has 20 heavy (non-hydrogen) atoms. The summed E-state index contributed by atoms with van der Waals surface area (Å²) in [4.78, 5) is 12.3. The fourth-order valence-electron chi connectivity index (χ4n) is 1.96. The lowest BCUT2D eigenvalue weighted by Crippen LogP contribution is -2.11. The minimum absolute atomic E-state index is 0.241. The average molecular weight is 269 g/mol. The van der Waals surface area contributed by atoms with E-state index in [0.29, 0.717) is 12.2 Å². The lowest BCUT2D eigenvalue weighted by atomic mass is 9.93. The Morgan fingerprint density at radius 1 is 1.35 bits per heavy atom. The number of rotatable bonds is 5. The number of furan rings is 1. The van der Waals surface area contributed by atoms with Crippen LogP contribution in [0.25, 0.3) is 0 Å². The standard InChI is InChI=1S/C16H15NO3/c1-3-19-13-6-4-12(5-7-13)14(10-17)15(18)16-11(2)8-9-20-16/h4-9,14H,3H2,1-2H3. The smallest absolute Gasteiger partial charge is 0.219 e. The Balaban J connectivity index is 2.27. The van der Waals surface area contributed by atoms with E-state index in [-0.39, 0.29) is 11.5 Å². The summed E-state index contributed by atoms with van der Waals surface area (Å²) >= 11 is 0. The summed E-state index contributed by atoms with van der Waals surface area (Å²) in [5.41, 5.74) is 1.37. The van der Waals surface area contributed by atoms with Crippen molar-refractivity contribution in [2.24, 2.45) is 0 Å². The van der Waals surface area contributed by atoms with Crippen LogP contribution >= 0.6 is 0 Å². The van der Waals surface area contributed by atoms with E-state index in [0.717, 1.165) is 11.3 Å². The molecule has 102 valence electrons. The van der Waals surface area contributed by atoms with Gasteiger partial charge in [-0.15, -0.1) is 0 Å². The van der Waals surface area contributed by atoms with Gasteiger partial charge in [0.15, 0.2) is 5.76 Å². The third kappa shape index (κ3) is 2.72. The van der Waals surface area contributed by atoms with Crippen LogP contribution in [-0.4, -0.2) is 12.4 Å². The molecule has 0 radical (unpaired) electrons. The second-order valence-electron chi connectivity index (χ2n) is 4.36. The summed E-state index contributed by atoms with van der Waals surface area (Å²) in [6.45, 7) is 4.25. The molecule has 0 fully saturated rings. The highest BCUT2D eigenvalue weighted by molar-refractivity contribution is 6.01. The highest BCUT2D eigenvalue weighted by Gasteiger charge is 2.25. The predicted octanol–water partition coefficient (Wildman–Crippen LogP) is 3.48. The van der Waals surface area contributed by atoms with Gasteiger partial charge in [0, 0.05) is 0 Å². The first-order valence-electron chi connectivity index (χ1n) is 6.38. The molecule has 0 saturated heterocycles. The van der Waals surface area contributed by atoms with Crippen molar-refractivity contribution in [2.75, 3.05) is 6.61 Å². The predicted molar refractivity (Wildman–Crippen MR) is 73.7 cm³/mol. The Kier molecular flexibility index (Phi) is 4.21. The molecule has 0 N–H and O–H groups in total. The maximum Gasteiger partial charge on any atom is 0.219 e. The molecule has 0 aliphatic heterocycles. The molecule has 1 aromatic heterocycles. The molecule has 1 aromatic carbocycles. The minimum Gasteiger partial charge on any atom is -0.494 e. The summed E-state index contributed by atoms with van der Waals surface area (Å²) in [5, 5.41) is 9.27. The SMILES string of the molecule is CCOc1ccc(C(C#N)C(=O)c2occc2C)cc1. The molecule has 2 aromatic rings. The molecule has 1 atom stereocenters. The first kappa shape index (κ1) is 13.9. The van der Waals surface area contributed by atoms with E-state index < -0.39 is 5.92 Å². The zero-order valence-corrected chi connectivity index (χ0v) is 11.4. The number of carbonyl (C=O) groups is 1. The Morgan fingerprint density at radius 2 is 2.05 bits per heavy atom. The van der Waals surface area contributed by atoms with E-state index in [9.17, 15) is 10.1 Å². The van der Waals surface area contributed by atoms with Gasteiger partial charge in [0.2, 0.25) is 5.78 Å². The number of nitriles is 1. The van der Waals surface area contributed by atoms with Gasteiger partial charge in [0.05, 0.1) is 18.9 Å². The van der Waals surface area contributed by atoms with Crippen molar-refractivity contribution in [1.29, 1.82) is 5.26 Å². The van der Waals surface area contributed by atoms with E-state index in [4.69, 9.17) is 9.15 Å². The van der Waals surface area contributed by atoms with Crippen LogP contribution in [-0.2, 0) is 0 Å². The monoisotopic (exact) mass is 269 g/mol. The minimum atomic E-state index is -0.865. The molecule has 1 heterocycles. The number of hydrogen-bond acceptors (Lipinski definition) is 4. The molecule has 2 rings (SSSR count). The van der Waals surface area contributed by atoms with Crippen molar-refractivity contribution in [3.05, 3.63) is 53.5 Å². The van der Waals surface area contributed by atoms with E-state index in [1.165, 1.54) is 6.26 Å². The van der Waals surface area contributed by atoms with E-state index in [1.807, 2.05) is 13.0 Å². The summed E-state index contributed by atoms with van der Waals surface area (Å²) < 4.78 is 10.5. The summed E-state index contributed by atoms with van der Waals surface area (Å²) in [7, 11) is 0. The third-order valence-corrected chi connectivity index (χ3v) is 3.00. The number of Topliss-reactive ketones (excluding diaryl/α,β-unsaturated/α-hetero) is 1. The van der Waals surface area contributed by atoms with E-state index in [2.05, 4.69) is 0 Å². The van der Waals surface area contributed by atoms with Crippen LogP contribution in [0.2, 0.25) is 0 Å². The molecule has 0 aliphatic rings. The van der Waals surface area contributed by atoms with Gasteiger partial charge in [-0.05, 0) is 43.2 Å². The van der Waals surface area contributed by atoms with Crippen LogP contribution < -0.4 is 4.74 Å². The molecule has 0 saturated carbocycles. The van der Waals surface area contributed by atoms with Crippen LogP contribution in [0.4, 0.5) is 0 Å². The van der Waals surface area contributed by atoms with Gasteiger partial charge >= 0.3 is 0 Å². The lowest BCUT2D eigenvalue weighted by Gasteiger charge is -2.09. The second-order valence-corrected chi connectivity index (χ2v) is 4.36. The molecule has 0 spiro atoms. The molecular weight excluding hydrogens is 254 g/mol. The van der Waals surface area contributed by atoms with E-state index in [1.54, 1.807) is 37.3 Å². The molecule has 4 heteroatoms. The van der Waals surface area contributed by atoms with Gasteiger partial charge < -0.3 is 9.15 Å². The fourth-order valence-corrected chi connectivity index (χ4v) is 1.96. The largest absolute Gasteiger partial charge is 0.494 e. The normalized spacial score (nSPS) is 11.7. The summed E-state index contributed by atoms with van der Waals surface area (Å²) in [6, 6.07) is 10.7. The Labute approximate surface area is 117 Å². The Bertz CT molecular complexity index is 634. The van der Waals surface area contributed by atoms with Gasteiger partial charge in [0.1, 0.15) is 11.7 Å². The second kappa shape index (κ2) is 6.07. The number of ether oxygens (including phenoxy) is 1. The maximum absolute atomic E-state index is 12.3. The number of hydrogen-bond donors (Lipinski definition) is 0. The van der Waals surface area contributed by atoms with Gasteiger partial charge in [0.25, 0.3) is 0 Å². The molecule has 0 aliphatic carbocycles. The highest BCUT2D eigenvalue weighted by Crippen LogP contribution is 2.24. The van der Waals surface area contributed by atoms with E-state index >= 15 is 0 Å².